The van der Waals surface area contributed by atoms with Gasteiger partial charge in [-0.15, -0.1) is 0 Å². The van der Waals surface area contributed by atoms with E-state index >= 15 is 0 Å². The summed E-state index contributed by atoms with van der Waals surface area (Å²) >= 11 is 0. The van der Waals surface area contributed by atoms with Crippen LogP contribution in [0.1, 0.15) is 0 Å². The Bertz CT molecular complexity index is 1410. The Balaban J connectivity index is 0.000000231. The van der Waals surface area contributed by atoms with Crippen molar-refractivity contribution < 1.29 is 19.5 Å². The van der Waals surface area contributed by atoms with E-state index in [1.807, 2.05) is 0 Å². The van der Waals surface area contributed by atoms with Gasteiger partial charge in [0.1, 0.15) is 0 Å². The molecule has 6 aromatic rings. The molecule has 1 nitrogen and oxygen atoms in total. The Hall–Kier alpha value is -2.81. The van der Waals surface area contributed by atoms with Gasteiger partial charge in [-0.3, -0.25) is 0 Å². The standard InChI is InChI=1S/C26H24P2.C14H16NP.Ru/c1-5-13-23(14-6-1)27(24-15-7-2-8-16-24)21-22-28(25-17-9-3-10-18-25)26-19-11-4-12-20-26;15-11-12-16(13-7-3-1-4-8-13)14-9-5-2-6-10-14;/h1-20H,21-22H2;1-10H,11-12,15H2;. The van der Waals surface area contributed by atoms with E-state index in [1.165, 1.54) is 44.2 Å². The quantitative estimate of drug-likeness (QED) is 0.110. The van der Waals surface area contributed by atoms with E-state index in [4.69, 9.17) is 5.73 Å². The first-order valence-electron chi connectivity index (χ1n) is 15.2. The Morgan fingerprint density at radius 3 is 0.644 bits per heavy atom. The molecule has 0 unspecified atom stereocenters. The van der Waals surface area contributed by atoms with Crippen LogP contribution in [0.15, 0.2) is 182 Å². The molecule has 45 heavy (non-hydrogen) atoms. The third-order valence-electron chi connectivity index (χ3n) is 7.31. The van der Waals surface area contributed by atoms with Gasteiger partial charge in [0.2, 0.25) is 0 Å². The molecule has 5 heteroatoms. The van der Waals surface area contributed by atoms with Crippen molar-refractivity contribution in [1.29, 1.82) is 0 Å². The summed E-state index contributed by atoms with van der Waals surface area (Å²) in [4.78, 5) is 0. The van der Waals surface area contributed by atoms with Gasteiger partial charge in [0.05, 0.1) is 0 Å². The van der Waals surface area contributed by atoms with Gasteiger partial charge in [0.25, 0.3) is 0 Å². The monoisotopic (exact) mass is 729 g/mol. The van der Waals surface area contributed by atoms with E-state index < -0.39 is 0 Å². The van der Waals surface area contributed by atoms with Gasteiger partial charge in [-0.25, -0.2) is 0 Å². The van der Waals surface area contributed by atoms with E-state index in [2.05, 4.69) is 182 Å². The maximum Gasteiger partial charge on any atom is 0 e. The fraction of sp³-hybridized carbons (Fsp3) is 0.100. The molecule has 0 saturated carbocycles. The molecular formula is C40H40NP3Ru. The second kappa shape index (κ2) is 19.7. The first-order valence-corrected chi connectivity index (χ1v) is 19.7. The van der Waals surface area contributed by atoms with Gasteiger partial charge in [0, 0.05) is 19.5 Å². The molecule has 2 N–H and O–H groups in total. The molecule has 0 aliphatic carbocycles. The van der Waals surface area contributed by atoms with E-state index in [0.29, 0.717) is 0 Å². The van der Waals surface area contributed by atoms with Crippen LogP contribution in [0.4, 0.5) is 0 Å². The average molecular weight is 729 g/mol. The van der Waals surface area contributed by atoms with Crippen LogP contribution in [0.5, 0.6) is 0 Å². The summed E-state index contributed by atoms with van der Waals surface area (Å²) in [5, 5.41) is 8.71. The predicted molar refractivity (Wildman–Crippen MR) is 201 cm³/mol. The molecule has 0 aliphatic rings. The Morgan fingerprint density at radius 1 is 0.289 bits per heavy atom. The fourth-order valence-electron chi connectivity index (χ4n) is 5.20. The van der Waals surface area contributed by atoms with Crippen LogP contribution in [-0.2, 0) is 19.5 Å². The van der Waals surface area contributed by atoms with E-state index in [-0.39, 0.29) is 43.2 Å². The fourth-order valence-corrected chi connectivity index (χ4v) is 12.7. The molecule has 0 amide bonds. The summed E-state index contributed by atoms with van der Waals surface area (Å²) in [6, 6.07) is 65.5. The van der Waals surface area contributed by atoms with Crippen LogP contribution in [0, 0.1) is 0 Å². The third kappa shape index (κ3) is 10.6. The van der Waals surface area contributed by atoms with Crippen molar-refractivity contribution in [2.75, 3.05) is 25.0 Å². The van der Waals surface area contributed by atoms with Gasteiger partial charge in [-0.05, 0) is 80.6 Å². The minimum absolute atomic E-state index is 0. The summed E-state index contributed by atoms with van der Waals surface area (Å²) in [7, 11) is -0.972. The molecular weight excluding hydrogens is 688 g/mol. The number of hydrogen-bond donors (Lipinski definition) is 1. The van der Waals surface area contributed by atoms with E-state index in [1.54, 1.807) is 0 Å². The second-order valence-electron chi connectivity index (χ2n) is 10.3. The van der Waals surface area contributed by atoms with Gasteiger partial charge < -0.3 is 5.73 Å². The molecule has 228 valence electrons. The maximum atomic E-state index is 5.72. The Morgan fingerprint density at radius 2 is 0.467 bits per heavy atom. The van der Waals surface area contributed by atoms with Crippen molar-refractivity contribution in [1.82, 2.24) is 0 Å². The molecule has 0 fully saturated rings. The molecule has 0 radical (unpaired) electrons. The van der Waals surface area contributed by atoms with Crippen LogP contribution in [0.2, 0.25) is 0 Å². The number of nitrogens with two attached hydrogens (primary N) is 1. The topological polar surface area (TPSA) is 26.0 Å². The van der Waals surface area contributed by atoms with Gasteiger partial charge in [-0.2, -0.15) is 0 Å². The zero-order valence-corrected chi connectivity index (χ0v) is 29.8. The Labute approximate surface area is 286 Å². The number of rotatable bonds is 11. The summed E-state index contributed by atoms with van der Waals surface area (Å²) in [5.41, 5.74) is 5.72. The van der Waals surface area contributed by atoms with Crippen molar-refractivity contribution >= 4 is 55.6 Å². The smallest absolute Gasteiger partial charge is 0 e. The second-order valence-corrected chi connectivity index (χ2v) is 17.3. The molecule has 0 bridgehead atoms. The summed E-state index contributed by atoms with van der Waals surface area (Å²) in [5.74, 6) is 0. The largest absolute Gasteiger partial charge is 0.330 e. The van der Waals surface area contributed by atoms with Crippen LogP contribution < -0.4 is 37.6 Å². The van der Waals surface area contributed by atoms with Crippen LogP contribution in [0.3, 0.4) is 0 Å². The third-order valence-corrected chi connectivity index (χ3v) is 15.2. The van der Waals surface area contributed by atoms with Crippen molar-refractivity contribution in [2.24, 2.45) is 5.73 Å². The first kappa shape index (κ1) is 35.1. The van der Waals surface area contributed by atoms with Crippen LogP contribution >= 0.6 is 23.8 Å². The van der Waals surface area contributed by atoms with Gasteiger partial charge in [0.15, 0.2) is 0 Å². The molecule has 0 aliphatic heterocycles. The van der Waals surface area contributed by atoms with Gasteiger partial charge in [-0.1, -0.05) is 182 Å². The predicted octanol–water partition coefficient (Wildman–Crippen LogP) is 7.33. The minimum atomic E-state index is -0.348. The maximum absolute atomic E-state index is 5.72. The zero-order valence-electron chi connectivity index (χ0n) is 25.4. The van der Waals surface area contributed by atoms with Gasteiger partial charge >= 0.3 is 0 Å². The summed E-state index contributed by atoms with van der Waals surface area (Å²) in [6.07, 6.45) is 3.47. The number of benzene rings is 6. The summed E-state index contributed by atoms with van der Waals surface area (Å²) in [6.45, 7) is 0.746. The van der Waals surface area contributed by atoms with Crippen molar-refractivity contribution in [3.05, 3.63) is 182 Å². The molecule has 0 aromatic heterocycles. The molecule has 6 rings (SSSR count). The normalized spacial score (nSPS) is 10.7. The van der Waals surface area contributed by atoms with Crippen molar-refractivity contribution in [2.45, 2.75) is 0 Å². The SMILES string of the molecule is NCCP(c1ccccc1)c1ccccc1.[Ru].c1ccc(P(CCP(c2ccccc2)c2ccccc2)c2ccccc2)cc1. The Kier molecular flexibility index (Phi) is 15.3. The molecule has 0 atom stereocenters. The van der Waals surface area contributed by atoms with Crippen molar-refractivity contribution in [3.8, 4) is 0 Å². The summed E-state index contributed by atoms with van der Waals surface area (Å²) < 4.78 is 0. The average Bonchev–Trinajstić information content (AvgIpc) is 3.12. The van der Waals surface area contributed by atoms with Crippen LogP contribution in [-0.4, -0.2) is 25.0 Å². The first-order chi connectivity index (χ1) is 21.8. The molecule has 0 saturated heterocycles. The molecule has 0 heterocycles. The minimum Gasteiger partial charge on any atom is -0.330 e. The molecule has 0 spiro atoms. The van der Waals surface area contributed by atoms with Crippen molar-refractivity contribution in [3.63, 3.8) is 0 Å². The van der Waals surface area contributed by atoms with Crippen LogP contribution in [0.25, 0.3) is 0 Å². The number of hydrogen-bond acceptors (Lipinski definition) is 1. The molecule has 6 aromatic carbocycles. The van der Waals surface area contributed by atoms with E-state index in [9.17, 15) is 0 Å². The zero-order chi connectivity index (χ0) is 30.2. The van der Waals surface area contributed by atoms with E-state index in [0.717, 1.165) is 12.7 Å².